The minimum absolute atomic E-state index is 0.0648. The van der Waals surface area contributed by atoms with Crippen molar-refractivity contribution in [3.63, 3.8) is 0 Å². The summed E-state index contributed by atoms with van der Waals surface area (Å²) in [5, 5.41) is 7.91. The number of hydrogen-bond donors (Lipinski definition) is 1. The first-order chi connectivity index (χ1) is 13.3. The third-order valence-electron chi connectivity index (χ3n) is 4.45. The van der Waals surface area contributed by atoms with Gasteiger partial charge in [0.25, 0.3) is 0 Å². The van der Waals surface area contributed by atoms with Gasteiger partial charge < -0.3 is 10.2 Å². The first kappa shape index (κ1) is 17.6. The molecule has 1 amide bonds. The average molecular weight is 379 g/mol. The van der Waals surface area contributed by atoms with Crippen molar-refractivity contribution in [1.82, 2.24) is 14.8 Å². The van der Waals surface area contributed by atoms with Crippen LogP contribution in [-0.4, -0.2) is 39.5 Å². The maximum Gasteiger partial charge on any atom is 0.234 e. The molecule has 1 saturated heterocycles. The summed E-state index contributed by atoms with van der Waals surface area (Å²) in [6.45, 7) is 2.23. The molecule has 0 aliphatic carbocycles. The lowest BCUT2D eigenvalue weighted by Crippen LogP contribution is -2.18. The molecule has 1 N–H and O–H groups in total. The zero-order chi connectivity index (χ0) is 18.5. The van der Waals surface area contributed by atoms with Crippen molar-refractivity contribution in [2.75, 3.05) is 29.1 Å². The van der Waals surface area contributed by atoms with Crippen molar-refractivity contribution in [1.29, 1.82) is 0 Å². The van der Waals surface area contributed by atoms with E-state index in [1.807, 2.05) is 42.5 Å². The standard InChI is InChI=1S/C20H21N5OS/c26-19(22-16-8-10-17(11-9-16)24-12-4-5-13-24)14-27-20-21-15-25(23-20)18-6-2-1-3-7-18/h1-3,6-11,15H,4-5,12-14H2,(H,22,26). The number of amides is 1. The molecule has 0 saturated carbocycles. The van der Waals surface area contributed by atoms with Gasteiger partial charge in [0.2, 0.25) is 11.1 Å². The van der Waals surface area contributed by atoms with Crippen LogP contribution in [0, 0.1) is 0 Å². The van der Waals surface area contributed by atoms with Gasteiger partial charge in [0.05, 0.1) is 11.4 Å². The molecule has 27 heavy (non-hydrogen) atoms. The van der Waals surface area contributed by atoms with Crippen molar-refractivity contribution < 1.29 is 4.79 Å². The van der Waals surface area contributed by atoms with Crippen molar-refractivity contribution in [3.05, 3.63) is 60.9 Å². The zero-order valence-corrected chi connectivity index (χ0v) is 15.7. The lowest BCUT2D eigenvalue weighted by molar-refractivity contribution is -0.113. The summed E-state index contributed by atoms with van der Waals surface area (Å²) in [4.78, 5) is 18.8. The molecule has 0 atom stereocenters. The Morgan fingerprint density at radius 3 is 2.48 bits per heavy atom. The molecule has 1 aromatic heterocycles. The second-order valence-corrected chi connectivity index (χ2v) is 7.33. The van der Waals surface area contributed by atoms with Gasteiger partial charge in [-0.1, -0.05) is 30.0 Å². The van der Waals surface area contributed by atoms with Crippen LogP contribution in [0.1, 0.15) is 12.8 Å². The lowest BCUT2D eigenvalue weighted by Gasteiger charge is -2.17. The molecule has 2 aromatic carbocycles. The summed E-state index contributed by atoms with van der Waals surface area (Å²) >= 11 is 1.32. The Labute approximate surface area is 162 Å². The minimum atomic E-state index is -0.0648. The van der Waals surface area contributed by atoms with Crippen LogP contribution >= 0.6 is 11.8 Å². The normalized spacial score (nSPS) is 13.7. The van der Waals surface area contributed by atoms with Crippen LogP contribution in [0.25, 0.3) is 5.69 Å². The van der Waals surface area contributed by atoms with Gasteiger partial charge in [-0.15, -0.1) is 5.10 Å². The third kappa shape index (κ3) is 4.49. The predicted molar refractivity (Wildman–Crippen MR) is 109 cm³/mol. The fourth-order valence-corrected chi connectivity index (χ4v) is 3.68. The summed E-state index contributed by atoms with van der Waals surface area (Å²) in [6.07, 6.45) is 4.17. The molecule has 6 nitrogen and oxygen atoms in total. The number of nitrogens with zero attached hydrogens (tertiary/aromatic N) is 4. The highest BCUT2D eigenvalue weighted by Gasteiger charge is 2.12. The molecule has 0 bridgehead atoms. The van der Waals surface area contributed by atoms with Gasteiger partial charge in [-0.25, -0.2) is 9.67 Å². The largest absolute Gasteiger partial charge is 0.372 e. The molecule has 1 aliphatic heterocycles. The number of para-hydroxylation sites is 1. The molecule has 1 aliphatic rings. The van der Waals surface area contributed by atoms with E-state index >= 15 is 0 Å². The molecule has 3 aromatic rings. The van der Waals surface area contributed by atoms with E-state index in [9.17, 15) is 4.79 Å². The fraction of sp³-hybridized carbons (Fsp3) is 0.250. The van der Waals surface area contributed by atoms with E-state index in [1.54, 1.807) is 11.0 Å². The van der Waals surface area contributed by atoms with Crippen LogP contribution in [0.3, 0.4) is 0 Å². The monoisotopic (exact) mass is 379 g/mol. The number of carbonyl (C=O) groups excluding carboxylic acids is 1. The zero-order valence-electron chi connectivity index (χ0n) is 14.9. The topological polar surface area (TPSA) is 63.1 Å². The van der Waals surface area contributed by atoms with E-state index in [1.165, 1.54) is 30.3 Å². The number of rotatable bonds is 6. The van der Waals surface area contributed by atoms with E-state index in [4.69, 9.17) is 0 Å². The Balaban J connectivity index is 1.29. The van der Waals surface area contributed by atoms with E-state index in [2.05, 4.69) is 32.4 Å². The number of hydrogen-bond acceptors (Lipinski definition) is 5. The smallest absolute Gasteiger partial charge is 0.234 e. The molecule has 4 rings (SSSR count). The van der Waals surface area contributed by atoms with Gasteiger partial charge in [-0.05, 0) is 49.2 Å². The van der Waals surface area contributed by atoms with Gasteiger partial charge in [0.15, 0.2) is 0 Å². The van der Waals surface area contributed by atoms with Crippen LogP contribution < -0.4 is 10.2 Å². The molecule has 0 unspecified atom stereocenters. The SMILES string of the molecule is O=C(CSc1ncn(-c2ccccc2)n1)Nc1ccc(N2CCCC2)cc1. The summed E-state index contributed by atoms with van der Waals surface area (Å²) in [5.74, 6) is 0.206. The Morgan fingerprint density at radius 1 is 1.00 bits per heavy atom. The quantitative estimate of drug-likeness (QED) is 0.663. The maximum absolute atomic E-state index is 12.2. The summed E-state index contributed by atoms with van der Waals surface area (Å²) in [7, 11) is 0. The fourth-order valence-electron chi connectivity index (χ4n) is 3.08. The molecule has 7 heteroatoms. The molecule has 1 fully saturated rings. The average Bonchev–Trinajstić information content (AvgIpc) is 3.40. The van der Waals surface area contributed by atoms with Gasteiger partial charge in [0, 0.05) is 24.5 Å². The highest BCUT2D eigenvalue weighted by Crippen LogP contribution is 2.22. The first-order valence-corrected chi connectivity index (χ1v) is 10.0. The molecule has 0 radical (unpaired) electrons. The van der Waals surface area contributed by atoms with Crippen LogP contribution in [0.2, 0.25) is 0 Å². The number of aromatic nitrogens is 3. The molecule has 2 heterocycles. The van der Waals surface area contributed by atoms with E-state index in [-0.39, 0.29) is 11.7 Å². The van der Waals surface area contributed by atoms with Crippen LogP contribution in [0.5, 0.6) is 0 Å². The third-order valence-corrected chi connectivity index (χ3v) is 5.30. The van der Waals surface area contributed by atoms with E-state index in [0.29, 0.717) is 5.16 Å². The maximum atomic E-state index is 12.2. The van der Waals surface area contributed by atoms with Gasteiger partial charge in [-0.3, -0.25) is 4.79 Å². The van der Waals surface area contributed by atoms with E-state index < -0.39 is 0 Å². The highest BCUT2D eigenvalue weighted by molar-refractivity contribution is 7.99. The second-order valence-electron chi connectivity index (χ2n) is 6.39. The molecule has 138 valence electrons. The predicted octanol–water partition coefficient (Wildman–Crippen LogP) is 3.60. The van der Waals surface area contributed by atoms with Crippen LogP contribution in [0.4, 0.5) is 11.4 Å². The van der Waals surface area contributed by atoms with Crippen LogP contribution in [0.15, 0.2) is 66.1 Å². The van der Waals surface area contributed by atoms with Gasteiger partial charge >= 0.3 is 0 Å². The first-order valence-electron chi connectivity index (χ1n) is 9.03. The molecular weight excluding hydrogens is 358 g/mol. The van der Waals surface area contributed by atoms with E-state index in [0.717, 1.165) is 24.5 Å². The van der Waals surface area contributed by atoms with Crippen molar-refractivity contribution >= 4 is 29.0 Å². The Hall–Kier alpha value is -2.80. The summed E-state index contributed by atoms with van der Waals surface area (Å²) < 4.78 is 1.71. The lowest BCUT2D eigenvalue weighted by atomic mass is 10.2. The number of benzene rings is 2. The van der Waals surface area contributed by atoms with Gasteiger partial charge in [-0.2, -0.15) is 0 Å². The van der Waals surface area contributed by atoms with Crippen molar-refractivity contribution in [2.24, 2.45) is 0 Å². The van der Waals surface area contributed by atoms with Crippen LogP contribution in [-0.2, 0) is 4.79 Å². The number of anilines is 2. The Morgan fingerprint density at radius 2 is 1.74 bits per heavy atom. The number of carbonyl (C=O) groups is 1. The number of thioether (sulfide) groups is 1. The number of nitrogens with one attached hydrogen (secondary N) is 1. The van der Waals surface area contributed by atoms with Crippen molar-refractivity contribution in [3.8, 4) is 5.69 Å². The molecular formula is C20H21N5OS. The second kappa shape index (κ2) is 8.26. The minimum Gasteiger partial charge on any atom is -0.372 e. The highest BCUT2D eigenvalue weighted by atomic mass is 32.2. The molecule has 0 spiro atoms. The Kier molecular flexibility index (Phi) is 5.39. The Bertz CT molecular complexity index is 888. The summed E-state index contributed by atoms with van der Waals surface area (Å²) in [5.41, 5.74) is 2.97. The summed E-state index contributed by atoms with van der Waals surface area (Å²) in [6, 6.07) is 17.8. The van der Waals surface area contributed by atoms with Gasteiger partial charge in [0.1, 0.15) is 6.33 Å². The van der Waals surface area contributed by atoms with Crippen molar-refractivity contribution in [2.45, 2.75) is 18.0 Å².